The highest BCUT2D eigenvalue weighted by atomic mass is 32.2. The van der Waals surface area contributed by atoms with E-state index in [1.807, 2.05) is 26.0 Å². The van der Waals surface area contributed by atoms with Crippen LogP contribution in [0.3, 0.4) is 0 Å². The van der Waals surface area contributed by atoms with Crippen LogP contribution < -0.4 is 0 Å². The van der Waals surface area contributed by atoms with Gasteiger partial charge in [0.05, 0.1) is 17.5 Å². The maximum atomic E-state index is 12.6. The predicted octanol–water partition coefficient (Wildman–Crippen LogP) is 3.33. The SMILES string of the molecule is Cc1ccc(-n2c(C)cc(/C=C3/C(=N)N4C(=NC3=O)SN=C4S(C)(=O)=O)c2C)cc1C. The summed E-state index contributed by atoms with van der Waals surface area (Å²) in [6.07, 6.45) is 2.60. The molecule has 0 atom stereocenters. The lowest BCUT2D eigenvalue weighted by Crippen LogP contribution is -2.45. The van der Waals surface area contributed by atoms with Gasteiger partial charge < -0.3 is 4.57 Å². The summed E-state index contributed by atoms with van der Waals surface area (Å²) in [4.78, 5) is 17.7. The van der Waals surface area contributed by atoms with Crippen molar-refractivity contribution in [1.82, 2.24) is 9.47 Å². The molecule has 2 aliphatic heterocycles. The molecule has 1 amide bonds. The van der Waals surface area contributed by atoms with Crippen molar-refractivity contribution in [2.24, 2.45) is 9.39 Å². The van der Waals surface area contributed by atoms with Gasteiger partial charge in [-0.3, -0.25) is 10.2 Å². The predicted molar refractivity (Wildman–Crippen MR) is 125 cm³/mol. The third-order valence-corrected chi connectivity index (χ3v) is 7.10. The fourth-order valence-corrected chi connectivity index (χ4v) is 5.43. The minimum absolute atomic E-state index is 0.0166. The molecule has 0 bridgehead atoms. The number of aliphatic imine (C=N–C) groups is 1. The molecule has 0 spiro atoms. The number of amidine groups is 3. The molecule has 10 heteroatoms. The number of carbonyl (C=O) groups excluding carboxylic acids is 1. The van der Waals surface area contributed by atoms with Gasteiger partial charge in [-0.2, -0.15) is 9.39 Å². The number of rotatable bonds is 2. The number of hydrogen-bond acceptors (Lipinski definition) is 6. The standard InChI is InChI=1S/C21H21N5O3S2/c1-11-6-7-16(8-12(11)2)25-13(3)9-15(14(25)4)10-17-18(22)26-20(23-19(17)27)30-24-21(26)31(5,28)29/h6-10,22H,1-5H3/b17-10-,22-18?. The minimum Gasteiger partial charge on any atom is -0.318 e. The van der Waals surface area contributed by atoms with E-state index in [0.717, 1.165) is 45.7 Å². The van der Waals surface area contributed by atoms with Gasteiger partial charge >= 0.3 is 0 Å². The number of hydrogen-bond donors (Lipinski definition) is 1. The van der Waals surface area contributed by atoms with Crippen LogP contribution >= 0.6 is 11.9 Å². The lowest BCUT2D eigenvalue weighted by Gasteiger charge is -2.23. The van der Waals surface area contributed by atoms with Crippen LogP contribution in [0.1, 0.15) is 28.1 Å². The van der Waals surface area contributed by atoms with Crippen LogP contribution in [0, 0.1) is 33.1 Å². The number of sulfone groups is 1. The highest BCUT2D eigenvalue weighted by Crippen LogP contribution is 2.31. The van der Waals surface area contributed by atoms with Gasteiger partial charge in [0, 0.05) is 23.3 Å². The topological polar surface area (TPSA) is 108 Å². The highest BCUT2D eigenvalue weighted by molar-refractivity contribution is 8.16. The molecule has 0 aliphatic carbocycles. The third kappa shape index (κ3) is 3.55. The van der Waals surface area contributed by atoms with E-state index in [-0.39, 0.29) is 21.7 Å². The average Bonchev–Trinajstić information content (AvgIpc) is 3.22. The summed E-state index contributed by atoms with van der Waals surface area (Å²) in [5.41, 5.74) is 6.04. The van der Waals surface area contributed by atoms with E-state index in [0.29, 0.717) is 0 Å². The highest BCUT2D eigenvalue weighted by Gasteiger charge is 2.41. The van der Waals surface area contributed by atoms with E-state index >= 15 is 0 Å². The molecule has 0 fully saturated rings. The second-order valence-corrected chi connectivity index (χ2v) is 10.2. The van der Waals surface area contributed by atoms with Gasteiger partial charge in [-0.1, -0.05) is 6.07 Å². The van der Waals surface area contributed by atoms with Crippen LogP contribution in [0.5, 0.6) is 0 Å². The third-order valence-electron chi connectivity index (χ3n) is 5.34. The number of nitrogens with zero attached hydrogens (tertiary/aromatic N) is 4. The van der Waals surface area contributed by atoms with Crippen molar-refractivity contribution >= 4 is 49.9 Å². The van der Waals surface area contributed by atoms with E-state index in [4.69, 9.17) is 5.41 Å². The van der Waals surface area contributed by atoms with E-state index in [9.17, 15) is 13.2 Å². The molecule has 1 aromatic carbocycles. The number of carbonyl (C=O) groups is 1. The second-order valence-electron chi connectivity index (χ2n) is 7.61. The largest absolute Gasteiger partial charge is 0.318 e. The number of amides is 1. The smallest absolute Gasteiger partial charge is 0.283 e. The fourth-order valence-electron chi connectivity index (χ4n) is 3.59. The van der Waals surface area contributed by atoms with Crippen molar-refractivity contribution in [3.63, 3.8) is 0 Å². The van der Waals surface area contributed by atoms with Gasteiger partial charge in [0.2, 0.25) is 20.2 Å². The molecule has 2 aromatic rings. The normalized spacial score (nSPS) is 17.8. The zero-order valence-electron chi connectivity index (χ0n) is 17.7. The lowest BCUT2D eigenvalue weighted by molar-refractivity contribution is -0.114. The van der Waals surface area contributed by atoms with Gasteiger partial charge in [-0.15, -0.1) is 0 Å². The molecule has 1 aromatic heterocycles. The van der Waals surface area contributed by atoms with Crippen LogP contribution in [0.2, 0.25) is 0 Å². The Morgan fingerprint density at radius 2 is 1.81 bits per heavy atom. The zero-order valence-corrected chi connectivity index (χ0v) is 19.3. The maximum absolute atomic E-state index is 12.6. The molecular formula is C21H21N5O3S2. The molecule has 31 heavy (non-hydrogen) atoms. The number of nitrogens with one attached hydrogen (secondary N) is 1. The summed E-state index contributed by atoms with van der Waals surface area (Å²) in [6, 6.07) is 8.14. The van der Waals surface area contributed by atoms with Crippen LogP contribution in [0.4, 0.5) is 0 Å². The molecular weight excluding hydrogens is 434 g/mol. The molecule has 0 saturated heterocycles. The zero-order chi connectivity index (χ0) is 22.7. The van der Waals surface area contributed by atoms with Gasteiger partial charge in [0.15, 0.2) is 0 Å². The first-order chi connectivity index (χ1) is 14.5. The Bertz CT molecular complexity index is 1360. The molecule has 1 N–H and O–H groups in total. The van der Waals surface area contributed by atoms with Crippen molar-refractivity contribution in [2.75, 3.05) is 6.26 Å². The first kappa shape index (κ1) is 21.3. The summed E-state index contributed by atoms with van der Waals surface area (Å²) in [5, 5.41) is 8.29. The van der Waals surface area contributed by atoms with E-state index in [1.54, 1.807) is 6.08 Å². The summed E-state index contributed by atoms with van der Waals surface area (Å²) in [5.74, 6) is -0.843. The molecule has 0 unspecified atom stereocenters. The Hall–Kier alpha value is -2.98. The van der Waals surface area contributed by atoms with E-state index < -0.39 is 15.7 Å². The van der Waals surface area contributed by atoms with E-state index in [2.05, 4.69) is 39.9 Å². The average molecular weight is 456 g/mol. The first-order valence-corrected chi connectivity index (χ1v) is 12.1. The quantitative estimate of drug-likeness (QED) is 0.552. The summed E-state index contributed by atoms with van der Waals surface area (Å²) in [7, 11) is -3.68. The second kappa shape index (κ2) is 7.31. The van der Waals surface area contributed by atoms with Crippen LogP contribution in [-0.4, -0.2) is 46.2 Å². The summed E-state index contributed by atoms with van der Waals surface area (Å²) in [6.45, 7) is 8.03. The Morgan fingerprint density at radius 1 is 1.10 bits per heavy atom. The molecule has 0 radical (unpaired) electrons. The molecule has 160 valence electrons. The molecule has 8 nitrogen and oxygen atoms in total. The van der Waals surface area contributed by atoms with Crippen molar-refractivity contribution in [1.29, 1.82) is 5.41 Å². The van der Waals surface area contributed by atoms with Crippen molar-refractivity contribution in [3.8, 4) is 5.69 Å². The van der Waals surface area contributed by atoms with Gasteiger partial charge in [-0.05, 0) is 68.7 Å². The van der Waals surface area contributed by atoms with Gasteiger partial charge in [0.1, 0.15) is 5.84 Å². The fraction of sp³-hybridized carbons (Fsp3) is 0.238. The maximum Gasteiger partial charge on any atom is 0.283 e. The van der Waals surface area contributed by atoms with Crippen molar-refractivity contribution < 1.29 is 13.2 Å². The number of aryl methyl sites for hydroxylation is 3. The van der Waals surface area contributed by atoms with Gasteiger partial charge in [-0.25, -0.2) is 13.3 Å². The van der Waals surface area contributed by atoms with Crippen LogP contribution in [-0.2, 0) is 14.6 Å². The van der Waals surface area contributed by atoms with E-state index in [1.165, 1.54) is 11.1 Å². The molecule has 2 aliphatic rings. The number of fused-ring (bicyclic) bond motifs is 1. The Balaban J connectivity index is 1.79. The summed E-state index contributed by atoms with van der Waals surface area (Å²) >= 11 is 0.778. The lowest BCUT2D eigenvalue weighted by atomic mass is 10.1. The summed E-state index contributed by atoms with van der Waals surface area (Å²) < 4.78 is 30.1. The Kier molecular flexibility index (Phi) is 5.01. The van der Waals surface area contributed by atoms with Crippen molar-refractivity contribution in [2.45, 2.75) is 27.7 Å². The van der Waals surface area contributed by atoms with Crippen LogP contribution in [0.15, 0.2) is 39.2 Å². The Morgan fingerprint density at radius 3 is 2.45 bits per heavy atom. The number of benzene rings is 1. The minimum atomic E-state index is -3.68. The monoisotopic (exact) mass is 455 g/mol. The molecule has 4 rings (SSSR count). The van der Waals surface area contributed by atoms with Crippen LogP contribution in [0.25, 0.3) is 11.8 Å². The Labute approximate surface area is 185 Å². The first-order valence-electron chi connectivity index (χ1n) is 9.44. The van der Waals surface area contributed by atoms with Crippen molar-refractivity contribution in [3.05, 3.63) is 57.9 Å². The molecule has 0 saturated carbocycles. The molecule has 3 heterocycles. The van der Waals surface area contributed by atoms with Gasteiger partial charge in [0.25, 0.3) is 5.91 Å². The number of aromatic nitrogens is 1.